The van der Waals surface area contributed by atoms with Gasteiger partial charge in [-0.05, 0) is 56.2 Å². The maximum Gasteiger partial charge on any atom is 0.220 e. The third kappa shape index (κ3) is 5.69. The molecule has 1 N–H and O–H groups in total. The van der Waals surface area contributed by atoms with Crippen LogP contribution in [0.5, 0.6) is 17.2 Å². The molecule has 0 aliphatic heterocycles. The highest BCUT2D eigenvalue weighted by Crippen LogP contribution is 2.38. The predicted molar refractivity (Wildman–Crippen MR) is 98.6 cm³/mol. The van der Waals surface area contributed by atoms with Gasteiger partial charge in [0.25, 0.3) is 0 Å². The minimum atomic E-state index is 0.0742. The Kier molecular flexibility index (Phi) is 7.64. The van der Waals surface area contributed by atoms with E-state index in [1.807, 2.05) is 12.1 Å². The number of amides is 1. The number of aryl methyl sites for hydroxylation is 1. The second-order valence-corrected chi connectivity index (χ2v) is 6.24. The molecule has 0 radical (unpaired) electrons. The molecule has 2 rings (SSSR count). The number of carbonyl (C=O) groups is 1. The van der Waals surface area contributed by atoms with Gasteiger partial charge in [0, 0.05) is 13.0 Å². The van der Waals surface area contributed by atoms with Crippen LogP contribution in [0.1, 0.15) is 44.1 Å². The fraction of sp³-hybridized carbons (Fsp3) is 0.550. The van der Waals surface area contributed by atoms with Gasteiger partial charge >= 0.3 is 0 Å². The van der Waals surface area contributed by atoms with Crippen LogP contribution in [0.2, 0.25) is 0 Å². The summed E-state index contributed by atoms with van der Waals surface area (Å²) in [6.45, 7) is 0.722. The summed E-state index contributed by atoms with van der Waals surface area (Å²) in [5, 5.41) is 3.01. The van der Waals surface area contributed by atoms with Gasteiger partial charge in [0.2, 0.25) is 11.7 Å². The number of carbonyl (C=O) groups excluding carboxylic acids is 1. The number of allylic oxidation sites excluding steroid dienone is 1. The SMILES string of the molecule is COc1cc(CCC(=O)NCCC2=CCCCC2)cc(OC)c1OC. The molecule has 0 spiro atoms. The monoisotopic (exact) mass is 347 g/mol. The average Bonchev–Trinajstić information content (AvgIpc) is 2.66. The smallest absolute Gasteiger partial charge is 0.220 e. The average molecular weight is 347 g/mol. The van der Waals surface area contributed by atoms with E-state index in [-0.39, 0.29) is 5.91 Å². The molecule has 0 atom stereocenters. The molecule has 1 aromatic rings. The maximum atomic E-state index is 12.1. The number of hydrogen-bond donors (Lipinski definition) is 1. The van der Waals surface area contributed by atoms with Crippen molar-refractivity contribution in [3.63, 3.8) is 0 Å². The van der Waals surface area contributed by atoms with Crippen molar-refractivity contribution in [3.8, 4) is 17.2 Å². The Hall–Kier alpha value is -2.17. The summed E-state index contributed by atoms with van der Waals surface area (Å²) >= 11 is 0. The Morgan fingerprint density at radius 3 is 2.32 bits per heavy atom. The first-order valence-corrected chi connectivity index (χ1v) is 8.91. The highest BCUT2D eigenvalue weighted by Gasteiger charge is 2.14. The van der Waals surface area contributed by atoms with E-state index in [9.17, 15) is 4.79 Å². The maximum absolute atomic E-state index is 12.1. The summed E-state index contributed by atoms with van der Waals surface area (Å²) in [7, 11) is 4.76. The number of rotatable bonds is 9. The van der Waals surface area contributed by atoms with E-state index < -0.39 is 0 Å². The molecule has 1 aliphatic carbocycles. The van der Waals surface area contributed by atoms with Gasteiger partial charge in [-0.1, -0.05) is 11.6 Å². The first kappa shape index (κ1) is 19.2. The van der Waals surface area contributed by atoms with E-state index in [1.54, 1.807) is 21.3 Å². The van der Waals surface area contributed by atoms with Crippen LogP contribution in [0.4, 0.5) is 0 Å². The lowest BCUT2D eigenvalue weighted by Gasteiger charge is -2.14. The second kappa shape index (κ2) is 9.97. The zero-order valence-corrected chi connectivity index (χ0v) is 15.5. The standard InChI is InChI=1S/C20H29NO4/c1-23-17-13-16(14-18(24-2)20(17)25-3)9-10-19(22)21-12-11-15-7-5-4-6-8-15/h7,13-14H,4-6,8-12H2,1-3H3,(H,21,22). The van der Waals surface area contributed by atoms with E-state index in [1.165, 1.54) is 31.3 Å². The topological polar surface area (TPSA) is 56.8 Å². The fourth-order valence-electron chi connectivity index (χ4n) is 3.12. The summed E-state index contributed by atoms with van der Waals surface area (Å²) < 4.78 is 16.0. The van der Waals surface area contributed by atoms with Crippen LogP contribution in [0.25, 0.3) is 0 Å². The summed E-state index contributed by atoms with van der Waals surface area (Å²) in [6, 6.07) is 3.78. The molecule has 138 valence electrons. The number of nitrogens with one attached hydrogen (secondary N) is 1. The van der Waals surface area contributed by atoms with Crippen molar-refractivity contribution < 1.29 is 19.0 Å². The van der Waals surface area contributed by atoms with Crippen molar-refractivity contribution in [2.24, 2.45) is 0 Å². The lowest BCUT2D eigenvalue weighted by molar-refractivity contribution is -0.121. The first-order chi connectivity index (χ1) is 12.2. The molecule has 0 fully saturated rings. The molecule has 0 heterocycles. The van der Waals surface area contributed by atoms with Crippen molar-refractivity contribution in [2.45, 2.75) is 44.9 Å². The molecular weight excluding hydrogens is 318 g/mol. The van der Waals surface area contributed by atoms with Crippen LogP contribution in [0.15, 0.2) is 23.8 Å². The summed E-state index contributed by atoms with van der Waals surface area (Å²) in [6.07, 6.45) is 9.31. The molecular formula is C20H29NO4. The van der Waals surface area contributed by atoms with E-state index in [4.69, 9.17) is 14.2 Å². The van der Waals surface area contributed by atoms with Crippen molar-refractivity contribution >= 4 is 5.91 Å². The van der Waals surface area contributed by atoms with Gasteiger partial charge in [0.1, 0.15) is 0 Å². The van der Waals surface area contributed by atoms with Crippen LogP contribution in [0.3, 0.4) is 0 Å². The van der Waals surface area contributed by atoms with E-state index >= 15 is 0 Å². The molecule has 1 aliphatic rings. The van der Waals surface area contributed by atoms with Crippen LogP contribution >= 0.6 is 0 Å². The highest BCUT2D eigenvalue weighted by molar-refractivity contribution is 5.76. The van der Waals surface area contributed by atoms with Crippen molar-refractivity contribution in [2.75, 3.05) is 27.9 Å². The number of hydrogen-bond acceptors (Lipinski definition) is 4. The van der Waals surface area contributed by atoms with Gasteiger partial charge < -0.3 is 19.5 Å². The zero-order chi connectivity index (χ0) is 18.1. The van der Waals surface area contributed by atoms with Crippen LogP contribution < -0.4 is 19.5 Å². The molecule has 0 aromatic heterocycles. The van der Waals surface area contributed by atoms with Crippen LogP contribution in [-0.2, 0) is 11.2 Å². The molecule has 5 heteroatoms. The molecule has 5 nitrogen and oxygen atoms in total. The van der Waals surface area contributed by atoms with Gasteiger partial charge in [0.15, 0.2) is 11.5 Å². The third-order valence-corrected chi connectivity index (χ3v) is 4.52. The number of benzene rings is 1. The summed E-state index contributed by atoms with van der Waals surface area (Å²) in [5.41, 5.74) is 2.47. The molecule has 0 unspecified atom stereocenters. The molecule has 0 saturated carbocycles. The normalized spacial score (nSPS) is 13.8. The number of ether oxygens (including phenoxy) is 3. The van der Waals surface area contributed by atoms with Crippen LogP contribution in [-0.4, -0.2) is 33.8 Å². The summed E-state index contributed by atoms with van der Waals surface area (Å²) in [5.74, 6) is 1.87. The van der Waals surface area contributed by atoms with E-state index in [0.717, 1.165) is 18.5 Å². The minimum Gasteiger partial charge on any atom is -0.493 e. The van der Waals surface area contributed by atoms with Crippen LogP contribution in [0, 0.1) is 0 Å². The predicted octanol–water partition coefficient (Wildman–Crippen LogP) is 3.65. The first-order valence-electron chi connectivity index (χ1n) is 8.91. The lowest BCUT2D eigenvalue weighted by atomic mass is 9.97. The molecule has 1 aromatic carbocycles. The molecule has 0 bridgehead atoms. The largest absolute Gasteiger partial charge is 0.493 e. The third-order valence-electron chi connectivity index (χ3n) is 4.52. The number of methoxy groups -OCH3 is 3. The Morgan fingerprint density at radius 1 is 1.04 bits per heavy atom. The zero-order valence-electron chi connectivity index (χ0n) is 15.5. The Balaban J connectivity index is 1.83. The van der Waals surface area contributed by atoms with Gasteiger partial charge in [-0.15, -0.1) is 0 Å². The Bertz CT molecular complexity index is 585. The molecule has 0 saturated heterocycles. The molecule has 25 heavy (non-hydrogen) atoms. The van der Waals surface area contributed by atoms with Crippen molar-refractivity contribution in [3.05, 3.63) is 29.3 Å². The van der Waals surface area contributed by atoms with E-state index in [2.05, 4.69) is 11.4 Å². The van der Waals surface area contributed by atoms with E-state index in [0.29, 0.717) is 30.1 Å². The van der Waals surface area contributed by atoms with Gasteiger partial charge in [-0.25, -0.2) is 0 Å². The Labute approximate surface area is 150 Å². The van der Waals surface area contributed by atoms with Gasteiger partial charge in [0.05, 0.1) is 21.3 Å². The quantitative estimate of drug-likeness (QED) is 0.693. The lowest BCUT2D eigenvalue weighted by Crippen LogP contribution is -2.25. The van der Waals surface area contributed by atoms with Crippen molar-refractivity contribution in [1.82, 2.24) is 5.32 Å². The molecule has 1 amide bonds. The van der Waals surface area contributed by atoms with Crippen molar-refractivity contribution in [1.29, 1.82) is 0 Å². The minimum absolute atomic E-state index is 0.0742. The Morgan fingerprint density at radius 2 is 1.76 bits per heavy atom. The second-order valence-electron chi connectivity index (χ2n) is 6.24. The van der Waals surface area contributed by atoms with Gasteiger partial charge in [-0.3, -0.25) is 4.79 Å². The van der Waals surface area contributed by atoms with Gasteiger partial charge in [-0.2, -0.15) is 0 Å². The summed E-state index contributed by atoms with van der Waals surface area (Å²) in [4.78, 5) is 12.1. The fourth-order valence-corrected chi connectivity index (χ4v) is 3.12. The highest BCUT2D eigenvalue weighted by atomic mass is 16.5.